The molecule has 0 atom stereocenters. The van der Waals surface area contributed by atoms with Crippen molar-refractivity contribution in [1.29, 1.82) is 0 Å². The van der Waals surface area contributed by atoms with E-state index in [9.17, 15) is 18.0 Å². The van der Waals surface area contributed by atoms with Gasteiger partial charge in [0.2, 0.25) is 10.0 Å². The van der Waals surface area contributed by atoms with E-state index in [1.54, 1.807) is 18.2 Å². The summed E-state index contributed by atoms with van der Waals surface area (Å²) in [6, 6.07) is 12.0. The lowest BCUT2D eigenvalue weighted by Crippen LogP contribution is -2.34. The second-order valence-corrected chi connectivity index (χ2v) is 6.83. The minimum absolute atomic E-state index is 0.0312. The van der Waals surface area contributed by atoms with Crippen LogP contribution in [0.25, 0.3) is 0 Å². The van der Waals surface area contributed by atoms with Crippen LogP contribution in [0, 0.1) is 0 Å². The molecule has 7 nitrogen and oxygen atoms in total. The number of hydrogen-bond donors (Lipinski definition) is 3. The topological polar surface area (TPSA) is 118 Å². The third-order valence-corrected chi connectivity index (χ3v) is 4.16. The highest BCUT2D eigenvalue weighted by atomic mass is 35.5. The van der Waals surface area contributed by atoms with Crippen molar-refractivity contribution < 1.29 is 18.0 Å². The number of sulfonamides is 1. The summed E-state index contributed by atoms with van der Waals surface area (Å²) in [6.45, 7) is 0.0622. The number of hydrogen-bond acceptors (Lipinski definition) is 4. The Morgan fingerprint density at radius 3 is 2.29 bits per heavy atom. The van der Waals surface area contributed by atoms with Gasteiger partial charge in [0, 0.05) is 17.3 Å². The lowest BCUT2D eigenvalue weighted by Gasteiger charge is -2.07. The third kappa shape index (κ3) is 5.05. The maximum atomic E-state index is 11.8. The normalized spacial score (nSPS) is 10.9. The van der Waals surface area contributed by atoms with E-state index >= 15 is 0 Å². The van der Waals surface area contributed by atoms with Crippen molar-refractivity contribution >= 4 is 39.1 Å². The molecule has 2 amide bonds. The minimum Gasteiger partial charge on any atom is -0.344 e. The number of halogens is 1. The number of carbonyl (C=O) groups excluding carboxylic acids is 2. The van der Waals surface area contributed by atoms with Gasteiger partial charge in [-0.3, -0.25) is 9.59 Å². The standard InChI is InChI=1S/C15H14ClN3O4S/c16-11-2-1-3-12(8-11)19-15(21)14(20)18-9-10-4-6-13(7-5-10)24(17,22)23/h1-8H,9H2,(H,18,20)(H,19,21)(H2,17,22,23). The number of amides is 2. The summed E-state index contributed by atoms with van der Waals surface area (Å²) in [4.78, 5) is 23.5. The molecule has 0 saturated heterocycles. The summed E-state index contributed by atoms with van der Waals surface area (Å²) in [5.74, 6) is -1.66. The molecule has 0 radical (unpaired) electrons. The molecule has 2 aromatic carbocycles. The van der Waals surface area contributed by atoms with Crippen LogP contribution in [0.2, 0.25) is 5.02 Å². The van der Waals surface area contributed by atoms with E-state index in [0.29, 0.717) is 16.3 Å². The second kappa shape index (κ2) is 7.43. The molecule has 24 heavy (non-hydrogen) atoms. The van der Waals surface area contributed by atoms with Crippen LogP contribution in [0.1, 0.15) is 5.56 Å². The zero-order valence-corrected chi connectivity index (χ0v) is 13.9. The van der Waals surface area contributed by atoms with Crippen LogP contribution in [-0.4, -0.2) is 20.2 Å². The van der Waals surface area contributed by atoms with Gasteiger partial charge in [0.1, 0.15) is 0 Å². The molecule has 0 fully saturated rings. The Morgan fingerprint density at radius 1 is 1.04 bits per heavy atom. The highest BCUT2D eigenvalue weighted by molar-refractivity contribution is 7.89. The summed E-state index contributed by atoms with van der Waals surface area (Å²) in [7, 11) is -3.76. The van der Waals surface area contributed by atoms with E-state index in [2.05, 4.69) is 10.6 Å². The van der Waals surface area contributed by atoms with Crippen LogP contribution in [0.5, 0.6) is 0 Å². The molecule has 4 N–H and O–H groups in total. The number of primary sulfonamides is 1. The molecule has 0 aromatic heterocycles. The lowest BCUT2D eigenvalue weighted by atomic mass is 10.2. The third-order valence-electron chi connectivity index (χ3n) is 2.99. The van der Waals surface area contributed by atoms with E-state index in [1.807, 2.05) is 0 Å². The first kappa shape index (κ1) is 17.9. The van der Waals surface area contributed by atoms with Crippen molar-refractivity contribution in [2.75, 3.05) is 5.32 Å². The monoisotopic (exact) mass is 367 g/mol. The molecule has 0 aliphatic rings. The fourth-order valence-corrected chi connectivity index (χ4v) is 2.52. The predicted octanol–water partition coefficient (Wildman–Crippen LogP) is 1.24. The van der Waals surface area contributed by atoms with E-state index in [-0.39, 0.29) is 11.4 Å². The van der Waals surface area contributed by atoms with Crippen LogP contribution in [0.15, 0.2) is 53.4 Å². The second-order valence-electron chi connectivity index (χ2n) is 4.84. The molecule has 0 saturated carbocycles. The molecule has 2 aromatic rings. The quantitative estimate of drug-likeness (QED) is 0.704. The average Bonchev–Trinajstić information content (AvgIpc) is 2.52. The average molecular weight is 368 g/mol. The van der Waals surface area contributed by atoms with Crippen LogP contribution >= 0.6 is 11.6 Å². The van der Waals surface area contributed by atoms with Gasteiger partial charge in [0.05, 0.1) is 4.90 Å². The molecule has 0 bridgehead atoms. The molecule has 0 aliphatic heterocycles. The molecule has 0 unspecified atom stereocenters. The van der Waals surface area contributed by atoms with Crippen LogP contribution in [0.4, 0.5) is 5.69 Å². The number of carbonyl (C=O) groups is 2. The van der Waals surface area contributed by atoms with Gasteiger partial charge in [-0.1, -0.05) is 29.8 Å². The number of nitrogens with two attached hydrogens (primary N) is 1. The first-order valence-electron chi connectivity index (χ1n) is 6.72. The van der Waals surface area contributed by atoms with E-state index in [4.69, 9.17) is 16.7 Å². The molecule has 0 heterocycles. The van der Waals surface area contributed by atoms with Gasteiger partial charge in [0.25, 0.3) is 0 Å². The van der Waals surface area contributed by atoms with E-state index < -0.39 is 21.8 Å². The molecular formula is C15H14ClN3O4S. The van der Waals surface area contributed by atoms with Crippen molar-refractivity contribution in [2.24, 2.45) is 5.14 Å². The molecule has 126 valence electrons. The zero-order chi connectivity index (χ0) is 17.7. The fourth-order valence-electron chi connectivity index (χ4n) is 1.81. The number of nitrogens with one attached hydrogen (secondary N) is 2. The SMILES string of the molecule is NS(=O)(=O)c1ccc(CNC(=O)C(=O)Nc2cccc(Cl)c2)cc1. The van der Waals surface area contributed by atoms with Crippen LogP contribution in [-0.2, 0) is 26.2 Å². The molecular weight excluding hydrogens is 354 g/mol. The largest absolute Gasteiger partial charge is 0.344 e. The van der Waals surface area contributed by atoms with E-state index in [1.165, 1.54) is 30.3 Å². The number of benzene rings is 2. The van der Waals surface area contributed by atoms with Crippen molar-refractivity contribution in [1.82, 2.24) is 5.32 Å². The van der Waals surface area contributed by atoms with Gasteiger partial charge in [-0.05, 0) is 35.9 Å². The Morgan fingerprint density at radius 2 is 1.71 bits per heavy atom. The number of anilines is 1. The molecule has 0 aliphatic carbocycles. The number of rotatable bonds is 4. The van der Waals surface area contributed by atoms with Gasteiger partial charge in [-0.15, -0.1) is 0 Å². The summed E-state index contributed by atoms with van der Waals surface area (Å²) in [6.07, 6.45) is 0. The molecule has 0 spiro atoms. The van der Waals surface area contributed by atoms with Crippen molar-refractivity contribution in [2.45, 2.75) is 11.4 Å². The van der Waals surface area contributed by atoms with Crippen molar-refractivity contribution in [3.63, 3.8) is 0 Å². The van der Waals surface area contributed by atoms with Gasteiger partial charge >= 0.3 is 11.8 Å². The Kier molecular flexibility index (Phi) is 5.55. The Bertz CT molecular complexity index is 867. The predicted molar refractivity (Wildman–Crippen MR) is 89.7 cm³/mol. The Balaban J connectivity index is 1.91. The van der Waals surface area contributed by atoms with Crippen molar-refractivity contribution in [3.8, 4) is 0 Å². The van der Waals surface area contributed by atoms with Gasteiger partial charge in [0.15, 0.2) is 0 Å². The van der Waals surface area contributed by atoms with Crippen LogP contribution < -0.4 is 15.8 Å². The maximum Gasteiger partial charge on any atom is 0.313 e. The van der Waals surface area contributed by atoms with Gasteiger partial charge in [-0.25, -0.2) is 13.6 Å². The summed E-state index contributed by atoms with van der Waals surface area (Å²) in [5, 5.41) is 10.3. The summed E-state index contributed by atoms with van der Waals surface area (Å²) >= 11 is 5.79. The van der Waals surface area contributed by atoms with Crippen molar-refractivity contribution in [3.05, 3.63) is 59.1 Å². The highest BCUT2D eigenvalue weighted by Crippen LogP contribution is 2.14. The van der Waals surface area contributed by atoms with E-state index in [0.717, 1.165) is 0 Å². The van der Waals surface area contributed by atoms with Gasteiger partial charge < -0.3 is 10.6 Å². The summed E-state index contributed by atoms with van der Waals surface area (Å²) < 4.78 is 22.3. The minimum atomic E-state index is -3.76. The maximum absolute atomic E-state index is 11.8. The first-order chi connectivity index (χ1) is 11.3. The molecule has 9 heteroatoms. The zero-order valence-electron chi connectivity index (χ0n) is 12.3. The molecule has 2 rings (SSSR count). The lowest BCUT2D eigenvalue weighted by molar-refractivity contribution is -0.136. The Hall–Kier alpha value is -2.42. The fraction of sp³-hybridized carbons (Fsp3) is 0.0667. The highest BCUT2D eigenvalue weighted by Gasteiger charge is 2.14. The van der Waals surface area contributed by atoms with Gasteiger partial charge in [-0.2, -0.15) is 0 Å². The smallest absolute Gasteiger partial charge is 0.313 e. The Labute approximate surface area is 143 Å². The first-order valence-corrected chi connectivity index (χ1v) is 8.64. The van der Waals surface area contributed by atoms with Crippen LogP contribution in [0.3, 0.4) is 0 Å². The summed E-state index contributed by atoms with van der Waals surface area (Å²) in [5.41, 5.74) is 1.02.